The van der Waals surface area contributed by atoms with E-state index in [9.17, 15) is 0 Å². The topological polar surface area (TPSA) is 12.0 Å². The lowest BCUT2D eigenvalue weighted by molar-refractivity contribution is 0.724. The van der Waals surface area contributed by atoms with Gasteiger partial charge in [0.2, 0.25) is 0 Å². The van der Waals surface area contributed by atoms with Crippen LogP contribution >= 0.6 is 0 Å². The van der Waals surface area contributed by atoms with Crippen LogP contribution in [0.3, 0.4) is 0 Å². The van der Waals surface area contributed by atoms with Crippen molar-refractivity contribution in [2.24, 2.45) is 5.92 Å². The Hall–Kier alpha value is -0.460. The first-order valence-electron chi connectivity index (χ1n) is 2.29. The van der Waals surface area contributed by atoms with Gasteiger partial charge in [0.25, 0.3) is 0 Å². The number of hydrogen-bond acceptors (Lipinski definition) is 1. The Morgan fingerprint density at radius 2 is 2.83 bits per heavy atom. The molecule has 0 saturated heterocycles. The lowest BCUT2D eigenvalue weighted by Crippen LogP contribution is -2.04. The van der Waals surface area contributed by atoms with Crippen LogP contribution < -0.4 is 5.32 Å². The molecule has 1 aliphatic heterocycles. The molecule has 0 aliphatic carbocycles. The van der Waals surface area contributed by atoms with Crippen molar-refractivity contribution in [3.8, 4) is 0 Å². The molecule has 1 heteroatoms. The summed E-state index contributed by atoms with van der Waals surface area (Å²) in [7, 11) is 0. The van der Waals surface area contributed by atoms with E-state index in [-0.39, 0.29) is 1.43 Å². The maximum Gasteiger partial charge on any atom is 0.0202 e. The summed E-state index contributed by atoms with van der Waals surface area (Å²) in [5.74, 6) is 0.755. The SMILES string of the molecule is CC1C=CNC1.[HH]. The molecule has 0 aromatic carbocycles. The standard InChI is InChI=1S/C5H9N.H2/c1-5-2-3-6-4-5;/h2-3,5-6H,4H2,1H3;1H. The van der Waals surface area contributed by atoms with E-state index in [0.717, 1.165) is 12.5 Å². The molecule has 1 rings (SSSR count). The molecule has 0 radical (unpaired) electrons. The van der Waals surface area contributed by atoms with Crippen LogP contribution in [-0.2, 0) is 0 Å². The Morgan fingerprint density at radius 3 is 3.00 bits per heavy atom. The molecular formula is C5H11N. The second-order valence-electron chi connectivity index (χ2n) is 1.74. The molecule has 0 amide bonds. The number of nitrogens with one attached hydrogen (secondary N) is 1. The zero-order valence-corrected chi connectivity index (χ0v) is 3.94. The van der Waals surface area contributed by atoms with Gasteiger partial charge in [0.1, 0.15) is 0 Å². The zero-order valence-electron chi connectivity index (χ0n) is 3.94. The minimum atomic E-state index is 0. The molecule has 1 unspecified atom stereocenters. The zero-order chi connectivity index (χ0) is 4.41. The highest BCUT2D eigenvalue weighted by molar-refractivity contribution is 4.92. The molecule has 1 nitrogen and oxygen atoms in total. The van der Waals surface area contributed by atoms with Gasteiger partial charge in [0.05, 0.1) is 0 Å². The van der Waals surface area contributed by atoms with Gasteiger partial charge in [0.15, 0.2) is 0 Å². The molecule has 1 N–H and O–H groups in total. The Labute approximate surface area is 39.5 Å². The van der Waals surface area contributed by atoms with E-state index >= 15 is 0 Å². The van der Waals surface area contributed by atoms with E-state index in [1.807, 2.05) is 6.20 Å². The van der Waals surface area contributed by atoms with Crippen LogP contribution in [0.25, 0.3) is 0 Å². The fourth-order valence-corrected chi connectivity index (χ4v) is 0.554. The van der Waals surface area contributed by atoms with E-state index in [0.29, 0.717) is 0 Å². The number of hydrogen-bond donors (Lipinski definition) is 1. The van der Waals surface area contributed by atoms with E-state index in [4.69, 9.17) is 0 Å². The van der Waals surface area contributed by atoms with Gasteiger partial charge in [-0.05, 0) is 12.1 Å². The third kappa shape index (κ3) is 0.534. The van der Waals surface area contributed by atoms with Gasteiger partial charge in [-0.3, -0.25) is 0 Å². The highest BCUT2D eigenvalue weighted by Crippen LogP contribution is 1.98. The lowest BCUT2D eigenvalue weighted by atomic mass is 10.2. The Morgan fingerprint density at radius 1 is 2.00 bits per heavy atom. The Kier molecular flexibility index (Phi) is 0.825. The number of rotatable bonds is 0. The first kappa shape index (κ1) is 3.72. The summed E-state index contributed by atoms with van der Waals surface area (Å²) in [6, 6.07) is 0. The predicted molar refractivity (Wildman–Crippen MR) is 28.4 cm³/mol. The second kappa shape index (κ2) is 1.33. The molecule has 0 aromatic rings. The summed E-state index contributed by atoms with van der Waals surface area (Å²) in [5.41, 5.74) is 0. The monoisotopic (exact) mass is 85.1 g/mol. The molecule has 6 heavy (non-hydrogen) atoms. The molecule has 0 saturated carbocycles. The summed E-state index contributed by atoms with van der Waals surface area (Å²) < 4.78 is 0. The first-order valence-corrected chi connectivity index (χ1v) is 2.29. The minimum absolute atomic E-state index is 0. The lowest BCUT2D eigenvalue weighted by Gasteiger charge is -1.91. The van der Waals surface area contributed by atoms with Gasteiger partial charge in [-0.15, -0.1) is 0 Å². The van der Waals surface area contributed by atoms with Gasteiger partial charge < -0.3 is 5.32 Å². The van der Waals surface area contributed by atoms with Gasteiger partial charge in [0, 0.05) is 7.97 Å². The van der Waals surface area contributed by atoms with E-state index < -0.39 is 0 Å². The van der Waals surface area contributed by atoms with Crippen molar-refractivity contribution in [1.82, 2.24) is 5.32 Å². The Balaban J connectivity index is 0.000000360. The summed E-state index contributed by atoms with van der Waals surface area (Å²) in [6.07, 6.45) is 4.17. The van der Waals surface area contributed by atoms with Crippen molar-refractivity contribution >= 4 is 0 Å². The van der Waals surface area contributed by atoms with Crippen molar-refractivity contribution in [3.05, 3.63) is 12.3 Å². The highest BCUT2D eigenvalue weighted by atomic mass is 14.8. The largest absolute Gasteiger partial charge is 0.391 e. The van der Waals surface area contributed by atoms with Crippen molar-refractivity contribution in [1.29, 1.82) is 0 Å². The fourth-order valence-electron chi connectivity index (χ4n) is 0.554. The first-order chi connectivity index (χ1) is 2.89. The predicted octanol–water partition coefficient (Wildman–Crippen LogP) is 0.985. The third-order valence-electron chi connectivity index (χ3n) is 0.982. The van der Waals surface area contributed by atoms with E-state index in [1.54, 1.807) is 0 Å². The average molecular weight is 85.1 g/mol. The summed E-state index contributed by atoms with van der Waals surface area (Å²) in [6.45, 7) is 3.32. The van der Waals surface area contributed by atoms with Gasteiger partial charge in [-0.2, -0.15) is 0 Å². The Bertz CT molecular complexity index is 70.5. The van der Waals surface area contributed by atoms with E-state index in [1.165, 1.54) is 0 Å². The molecule has 0 spiro atoms. The van der Waals surface area contributed by atoms with Gasteiger partial charge >= 0.3 is 0 Å². The van der Waals surface area contributed by atoms with Crippen LogP contribution in [0.2, 0.25) is 0 Å². The maximum absolute atomic E-state index is 3.09. The molecule has 1 aliphatic rings. The van der Waals surface area contributed by atoms with Crippen molar-refractivity contribution in [2.75, 3.05) is 6.54 Å². The van der Waals surface area contributed by atoms with Crippen molar-refractivity contribution in [3.63, 3.8) is 0 Å². The molecule has 0 bridgehead atoms. The molecule has 1 heterocycles. The van der Waals surface area contributed by atoms with Crippen molar-refractivity contribution < 1.29 is 1.43 Å². The summed E-state index contributed by atoms with van der Waals surface area (Å²) in [4.78, 5) is 0. The molecular weight excluding hydrogens is 74.1 g/mol. The van der Waals surface area contributed by atoms with Gasteiger partial charge in [-0.25, -0.2) is 0 Å². The van der Waals surface area contributed by atoms with Crippen molar-refractivity contribution in [2.45, 2.75) is 6.92 Å². The normalized spacial score (nSPS) is 30.5. The fraction of sp³-hybridized carbons (Fsp3) is 0.600. The van der Waals surface area contributed by atoms with Crippen LogP contribution in [0.5, 0.6) is 0 Å². The van der Waals surface area contributed by atoms with Crippen LogP contribution in [0.1, 0.15) is 8.35 Å². The average Bonchev–Trinajstić information content (AvgIpc) is 1.86. The minimum Gasteiger partial charge on any atom is -0.391 e. The summed E-state index contributed by atoms with van der Waals surface area (Å²) >= 11 is 0. The van der Waals surface area contributed by atoms with Crippen LogP contribution in [0, 0.1) is 5.92 Å². The van der Waals surface area contributed by atoms with Gasteiger partial charge in [-0.1, -0.05) is 13.0 Å². The molecule has 1 atom stereocenters. The van der Waals surface area contributed by atoms with Crippen LogP contribution in [0.15, 0.2) is 12.3 Å². The van der Waals surface area contributed by atoms with E-state index in [2.05, 4.69) is 18.3 Å². The second-order valence-corrected chi connectivity index (χ2v) is 1.74. The highest BCUT2D eigenvalue weighted by Gasteiger charge is 1.97. The summed E-state index contributed by atoms with van der Waals surface area (Å²) in [5, 5.41) is 3.09. The maximum atomic E-state index is 3.09. The van der Waals surface area contributed by atoms with Crippen LogP contribution in [-0.4, -0.2) is 6.54 Å². The quantitative estimate of drug-likeness (QED) is 0.462. The third-order valence-corrected chi connectivity index (χ3v) is 0.982. The molecule has 0 fully saturated rings. The molecule has 36 valence electrons. The molecule has 0 aromatic heterocycles. The van der Waals surface area contributed by atoms with Crippen LogP contribution in [0.4, 0.5) is 0 Å². The smallest absolute Gasteiger partial charge is 0.0202 e.